The molecule has 5 N–H and O–H groups in total. The van der Waals surface area contributed by atoms with E-state index < -0.39 is 0 Å². The maximum atomic E-state index is 12.4. The fourth-order valence-electron chi connectivity index (χ4n) is 6.87. The highest BCUT2D eigenvalue weighted by Gasteiger charge is 2.29. The zero-order valence-corrected chi connectivity index (χ0v) is 37.9. The molecule has 2 aliphatic rings. The van der Waals surface area contributed by atoms with Gasteiger partial charge in [0.25, 0.3) is 0 Å². The topological polar surface area (TPSA) is 178 Å². The predicted molar refractivity (Wildman–Crippen MR) is 244 cm³/mol. The molecular formula is C47H68N10O4. The number of ether oxygens (including phenoxy) is 2. The van der Waals surface area contributed by atoms with E-state index in [1.807, 2.05) is 9.80 Å². The number of unbranched alkanes of at least 4 members (excludes halogenated alkanes) is 2. The molecule has 4 aromatic rings. The standard InChI is InChI=1S/C24H35N5O2.C23H33N5O2/c1-6-7-11-31-23-26-21(25)20-13-19(30)16-29(22(20)27-23)15-18-10-8-9-17(12-18)14-28(5)24(2,3)4;1-5-6-10-30-22-26-20(24)19-12-18(29)15-28(21(19)27-22)14-17-9-7-8-16(11-17)13-25-23(2,3)4/h8-10,12H,6-7,11,13-16H2,1-5H3,(H2,25,26,27);7-9,11,25H,5-6,10,12-15H2,1-4H3,(H2,24,26,27). The highest BCUT2D eigenvalue weighted by molar-refractivity contribution is 5.92. The minimum Gasteiger partial charge on any atom is -0.463 e. The van der Waals surface area contributed by atoms with Crippen LogP contribution in [0.2, 0.25) is 0 Å². The maximum Gasteiger partial charge on any atom is 0.320 e. The molecule has 0 saturated heterocycles. The van der Waals surface area contributed by atoms with Crippen molar-refractivity contribution in [2.75, 3.05) is 54.6 Å². The van der Waals surface area contributed by atoms with E-state index in [0.29, 0.717) is 73.8 Å². The van der Waals surface area contributed by atoms with Crippen LogP contribution in [0.5, 0.6) is 12.0 Å². The van der Waals surface area contributed by atoms with Crippen molar-refractivity contribution in [3.63, 3.8) is 0 Å². The van der Waals surface area contributed by atoms with Crippen LogP contribution >= 0.6 is 0 Å². The third-order valence-corrected chi connectivity index (χ3v) is 10.7. The number of hydrogen-bond acceptors (Lipinski definition) is 14. The summed E-state index contributed by atoms with van der Waals surface area (Å²) in [7, 11) is 2.13. The SMILES string of the molecule is CCCCOc1nc(N)c2c(n1)N(Cc1cccc(CN(C)C(C)(C)C)c1)CC(=O)C2.CCCCOc1nc(N)c2c(n1)N(Cc1cccc(CNC(C)(C)C)c1)CC(=O)C2. The number of Topliss-reactive ketones (excluding diaryl/α,β-unsaturated/α-hetero) is 2. The van der Waals surface area contributed by atoms with Crippen molar-refractivity contribution < 1.29 is 19.1 Å². The zero-order chi connectivity index (χ0) is 44.3. The summed E-state index contributed by atoms with van der Waals surface area (Å²) < 4.78 is 11.4. The average Bonchev–Trinajstić information content (AvgIpc) is 3.18. The Morgan fingerprint density at radius 2 is 1.13 bits per heavy atom. The molecule has 0 saturated carbocycles. The number of carbonyl (C=O) groups excluding carboxylic acids is 2. The van der Waals surface area contributed by atoms with Crippen molar-refractivity contribution in [2.45, 2.75) is 131 Å². The molecule has 0 aliphatic carbocycles. The normalized spacial score (nSPS) is 14.1. The van der Waals surface area contributed by atoms with E-state index in [1.165, 1.54) is 11.1 Å². The van der Waals surface area contributed by atoms with Crippen LogP contribution in [-0.2, 0) is 48.6 Å². The van der Waals surface area contributed by atoms with Crippen LogP contribution in [0.1, 0.15) is 114 Å². The molecule has 0 spiro atoms. The third-order valence-electron chi connectivity index (χ3n) is 10.7. The number of hydrogen-bond donors (Lipinski definition) is 3. The average molecular weight is 837 g/mol. The third kappa shape index (κ3) is 13.8. The van der Waals surface area contributed by atoms with E-state index in [0.717, 1.165) is 49.9 Å². The van der Waals surface area contributed by atoms with Crippen LogP contribution in [0.15, 0.2) is 48.5 Å². The Balaban J connectivity index is 0.000000231. The number of nitrogens with zero attached hydrogens (tertiary/aromatic N) is 7. The number of carbonyl (C=O) groups is 2. The molecule has 0 bridgehead atoms. The second-order valence-corrected chi connectivity index (χ2v) is 18.2. The number of nitrogens with two attached hydrogens (primary N) is 2. The van der Waals surface area contributed by atoms with E-state index in [-0.39, 0.29) is 47.5 Å². The van der Waals surface area contributed by atoms with Gasteiger partial charge in [0.1, 0.15) is 23.3 Å². The Labute approximate surface area is 362 Å². The van der Waals surface area contributed by atoms with Gasteiger partial charge in [0.15, 0.2) is 11.6 Å². The van der Waals surface area contributed by atoms with Gasteiger partial charge in [0.05, 0.1) is 26.3 Å². The molecule has 0 amide bonds. The van der Waals surface area contributed by atoms with Crippen LogP contribution < -0.4 is 36.1 Å². The van der Waals surface area contributed by atoms with E-state index in [2.05, 4.69) is 141 Å². The molecule has 0 fully saturated rings. The molecule has 14 nitrogen and oxygen atoms in total. The van der Waals surface area contributed by atoms with Gasteiger partial charge in [-0.1, -0.05) is 75.2 Å². The summed E-state index contributed by atoms with van der Waals surface area (Å²) >= 11 is 0. The lowest BCUT2D eigenvalue weighted by molar-refractivity contribution is -0.118. The van der Waals surface area contributed by atoms with Crippen molar-refractivity contribution in [2.24, 2.45) is 0 Å². The number of benzene rings is 2. The van der Waals surface area contributed by atoms with E-state index >= 15 is 0 Å². The summed E-state index contributed by atoms with van der Waals surface area (Å²) in [5.41, 5.74) is 18.6. The number of fused-ring (bicyclic) bond motifs is 2. The zero-order valence-electron chi connectivity index (χ0n) is 37.9. The summed E-state index contributed by atoms with van der Waals surface area (Å²) in [4.78, 5) is 48.8. The van der Waals surface area contributed by atoms with Gasteiger partial charge < -0.3 is 36.1 Å². The molecule has 0 atom stereocenters. The molecule has 61 heavy (non-hydrogen) atoms. The Bertz CT molecular complexity index is 2110. The van der Waals surface area contributed by atoms with E-state index in [4.69, 9.17) is 20.9 Å². The Hall–Kier alpha value is -5.34. The van der Waals surface area contributed by atoms with Gasteiger partial charge in [0.2, 0.25) is 0 Å². The van der Waals surface area contributed by atoms with Crippen molar-refractivity contribution in [1.82, 2.24) is 30.2 Å². The molecule has 0 radical (unpaired) electrons. The number of ketones is 2. The van der Waals surface area contributed by atoms with Crippen LogP contribution in [0.25, 0.3) is 0 Å². The maximum absolute atomic E-state index is 12.4. The smallest absolute Gasteiger partial charge is 0.320 e. The first-order valence-electron chi connectivity index (χ1n) is 21.7. The van der Waals surface area contributed by atoms with Gasteiger partial charge in [-0.05, 0) is 83.7 Å². The second kappa shape index (κ2) is 21.0. The van der Waals surface area contributed by atoms with Gasteiger partial charge >= 0.3 is 12.0 Å². The van der Waals surface area contributed by atoms with Crippen LogP contribution in [-0.4, -0.2) is 80.8 Å². The number of nitrogen functional groups attached to an aromatic ring is 2. The molecule has 2 aromatic heterocycles. The number of rotatable bonds is 16. The summed E-state index contributed by atoms with van der Waals surface area (Å²) in [5, 5.41) is 3.51. The van der Waals surface area contributed by atoms with Gasteiger partial charge in [-0.2, -0.15) is 19.9 Å². The Morgan fingerprint density at radius 3 is 1.57 bits per heavy atom. The summed E-state index contributed by atoms with van der Waals surface area (Å²) in [6.45, 7) is 21.8. The van der Waals surface area contributed by atoms with Gasteiger partial charge in [-0.25, -0.2) is 0 Å². The highest BCUT2D eigenvalue weighted by Crippen LogP contribution is 2.32. The molecular weight excluding hydrogens is 769 g/mol. The number of nitrogens with one attached hydrogen (secondary N) is 1. The molecule has 4 heterocycles. The highest BCUT2D eigenvalue weighted by atomic mass is 16.5. The first-order valence-corrected chi connectivity index (χ1v) is 21.7. The quantitative estimate of drug-likeness (QED) is 0.0998. The molecule has 6 rings (SSSR count). The predicted octanol–water partition coefficient (Wildman–Crippen LogP) is 6.86. The van der Waals surface area contributed by atoms with Crippen molar-refractivity contribution in [1.29, 1.82) is 0 Å². The van der Waals surface area contributed by atoms with Crippen LogP contribution in [0.3, 0.4) is 0 Å². The molecule has 2 aromatic carbocycles. The summed E-state index contributed by atoms with van der Waals surface area (Å²) in [5.74, 6) is 2.29. The van der Waals surface area contributed by atoms with Gasteiger partial charge in [-0.3, -0.25) is 14.5 Å². The van der Waals surface area contributed by atoms with Crippen molar-refractivity contribution >= 4 is 34.8 Å². The number of aromatic nitrogens is 4. The van der Waals surface area contributed by atoms with Crippen LogP contribution in [0, 0.1) is 0 Å². The molecule has 14 heteroatoms. The lowest BCUT2D eigenvalue weighted by atomic mass is 10.0. The second-order valence-electron chi connectivity index (χ2n) is 18.2. The van der Waals surface area contributed by atoms with E-state index in [1.54, 1.807) is 0 Å². The largest absolute Gasteiger partial charge is 0.463 e. The minimum atomic E-state index is 0.0524. The molecule has 2 aliphatic heterocycles. The molecule has 330 valence electrons. The van der Waals surface area contributed by atoms with Crippen molar-refractivity contribution in [3.8, 4) is 12.0 Å². The number of anilines is 4. The van der Waals surface area contributed by atoms with Crippen LogP contribution in [0.4, 0.5) is 23.3 Å². The first kappa shape index (κ1) is 46.7. The Morgan fingerprint density at radius 1 is 0.689 bits per heavy atom. The molecule has 0 unspecified atom stereocenters. The first-order chi connectivity index (χ1) is 28.9. The fraction of sp³-hybridized carbons (Fsp3) is 0.532. The minimum absolute atomic E-state index is 0.0524. The van der Waals surface area contributed by atoms with Gasteiger partial charge in [0, 0.05) is 61.2 Å². The summed E-state index contributed by atoms with van der Waals surface area (Å²) in [6.07, 6.45) is 4.45. The lowest BCUT2D eigenvalue weighted by Gasteiger charge is -2.32. The lowest BCUT2D eigenvalue weighted by Crippen LogP contribution is -2.37. The van der Waals surface area contributed by atoms with Gasteiger partial charge in [-0.15, -0.1) is 0 Å². The monoisotopic (exact) mass is 837 g/mol. The Kier molecular flexibility index (Phi) is 16.1. The summed E-state index contributed by atoms with van der Waals surface area (Å²) in [6, 6.07) is 17.5. The van der Waals surface area contributed by atoms with E-state index in [9.17, 15) is 9.59 Å². The van der Waals surface area contributed by atoms with Crippen molar-refractivity contribution in [3.05, 3.63) is 81.9 Å². The fourth-order valence-corrected chi connectivity index (χ4v) is 6.87.